The zero-order valence-corrected chi connectivity index (χ0v) is 22.2. The SMILES string of the molecule is COC(=O)C(NC(=O)CNC(=O)CSc1nnc(COc2ccc(Cl)cc2)n1-c1ccccc1)C(C)C. The van der Waals surface area contributed by atoms with Crippen LogP contribution >= 0.6 is 23.4 Å². The van der Waals surface area contributed by atoms with Gasteiger partial charge in [0.05, 0.1) is 19.4 Å². The van der Waals surface area contributed by atoms with Crippen molar-refractivity contribution in [3.63, 3.8) is 0 Å². The Kier molecular flexibility index (Phi) is 10.3. The lowest BCUT2D eigenvalue weighted by molar-refractivity contribution is -0.146. The predicted molar refractivity (Wildman–Crippen MR) is 140 cm³/mol. The summed E-state index contributed by atoms with van der Waals surface area (Å²) in [5.74, 6) is -0.388. The molecule has 0 saturated carbocycles. The van der Waals surface area contributed by atoms with Gasteiger partial charge in [0.1, 0.15) is 18.4 Å². The predicted octanol–water partition coefficient (Wildman–Crippen LogP) is 3.02. The summed E-state index contributed by atoms with van der Waals surface area (Å²) in [6.45, 7) is 3.45. The summed E-state index contributed by atoms with van der Waals surface area (Å²) in [5, 5.41) is 14.7. The van der Waals surface area contributed by atoms with E-state index in [1.165, 1.54) is 18.9 Å². The molecular formula is C25H28ClN5O5S. The quantitative estimate of drug-likeness (QED) is 0.263. The fourth-order valence-electron chi connectivity index (χ4n) is 3.21. The molecule has 1 unspecified atom stereocenters. The summed E-state index contributed by atoms with van der Waals surface area (Å²) < 4.78 is 12.4. The van der Waals surface area contributed by atoms with E-state index in [1.807, 2.05) is 34.9 Å². The highest BCUT2D eigenvalue weighted by atomic mass is 35.5. The molecule has 3 rings (SSSR count). The van der Waals surface area contributed by atoms with Crippen LogP contribution < -0.4 is 15.4 Å². The maximum atomic E-state index is 12.4. The zero-order chi connectivity index (χ0) is 26.8. The molecule has 0 fully saturated rings. The van der Waals surface area contributed by atoms with E-state index in [0.717, 1.165) is 5.69 Å². The Morgan fingerprint density at radius 1 is 1.03 bits per heavy atom. The Bertz CT molecular complexity index is 1200. The molecule has 2 N–H and O–H groups in total. The van der Waals surface area contributed by atoms with Crippen molar-refractivity contribution in [3.8, 4) is 11.4 Å². The number of amides is 2. The van der Waals surface area contributed by atoms with E-state index in [-0.39, 0.29) is 30.7 Å². The monoisotopic (exact) mass is 545 g/mol. The lowest BCUT2D eigenvalue weighted by atomic mass is 10.0. The number of benzene rings is 2. The van der Waals surface area contributed by atoms with E-state index in [0.29, 0.717) is 21.8 Å². The fraction of sp³-hybridized carbons (Fsp3) is 0.320. The van der Waals surface area contributed by atoms with Crippen LogP contribution in [0.2, 0.25) is 5.02 Å². The van der Waals surface area contributed by atoms with Gasteiger partial charge in [0.15, 0.2) is 11.0 Å². The first-order chi connectivity index (χ1) is 17.8. The highest BCUT2D eigenvalue weighted by Crippen LogP contribution is 2.23. The number of hydrogen-bond donors (Lipinski definition) is 2. The zero-order valence-electron chi connectivity index (χ0n) is 20.6. The van der Waals surface area contributed by atoms with Gasteiger partial charge in [0, 0.05) is 10.7 Å². The Balaban J connectivity index is 1.61. The number of halogens is 1. The number of ether oxygens (including phenoxy) is 2. The minimum Gasteiger partial charge on any atom is -0.486 e. The molecule has 0 bridgehead atoms. The molecule has 2 aromatic carbocycles. The molecule has 196 valence electrons. The van der Waals surface area contributed by atoms with Crippen molar-refractivity contribution in [2.45, 2.75) is 31.7 Å². The Labute approximate surface area is 224 Å². The van der Waals surface area contributed by atoms with Crippen molar-refractivity contribution >= 4 is 41.1 Å². The first-order valence-electron chi connectivity index (χ1n) is 11.4. The average Bonchev–Trinajstić information content (AvgIpc) is 3.31. The van der Waals surface area contributed by atoms with Crippen LogP contribution in [-0.2, 0) is 25.7 Å². The van der Waals surface area contributed by atoms with Gasteiger partial charge in [-0.25, -0.2) is 4.79 Å². The molecule has 0 spiro atoms. The number of methoxy groups -OCH3 is 1. The van der Waals surface area contributed by atoms with Crippen LogP contribution in [0.25, 0.3) is 5.69 Å². The lowest BCUT2D eigenvalue weighted by Gasteiger charge is -2.19. The summed E-state index contributed by atoms with van der Waals surface area (Å²) >= 11 is 7.10. The van der Waals surface area contributed by atoms with E-state index in [4.69, 9.17) is 21.1 Å². The molecule has 1 heterocycles. The Hall–Kier alpha value is -3.57. The van der Waals surface area contributed by atoms with Crippen LogP contribution in [0.15, 0.2) is 59.8 Å². The maximum Gasteiger partial charge on any atom is 0.328 e. The molecule has 10 nitrogen and oxygen atoms in total. The van der Waals surface area contributed by atoms with Crippen molar-refractivity contribution in [2.75, 3.05) is 19.4 Å². The van der Waals surface area contributed by atoms with E-state index in [2.05, 4.69) is 20.8 Å². The Morgan fingerprint density at radius 2 is 1.73 bits per heavy atom. The maximum absolute atomic E-state index is 12.4. The number of esters is 1. The van der Waals surface area contributed by atoms with Crippen LogP contribution in [0, 0.1) is 5.92 Å². The van der Waals surface area contributed by atoms with Crippen LogP contribution in [0.4, 0.5) is 0 Å². The molecule has 1 atom stereocenters. The number of thioether (sulfide) groups is 1. The van der Waals surface area contributed by atoms with Crippen LogP contribution in [0.3, 0.4) is 0 Å². The fourth-order valence-corrected chi connectivity index (χ4v) is 4.14. The summed E-state index contributed by atoms with van der Waals surface area (Å²) in [6.07, 6.45) is 0. The number of carbonyl (C=O) groups excluding carboxylic acids is 3. The van der Waals surface area contributed by atoms with E-state index < -0.39 is 17.9 Å². The van der Waals surface area contributed by atoms with Crippen molar-refractivity contribution < 1.29 is 23.9 Å². The lowest BCUT2D eigenvalue weighted by Crippen LogP contribution is -2.48. The number of hydrogen-bond acceptors (Lipinski definition) is 8. The molecule has 2 amide bonds. The third kappa shape index (κ3) is 8.22. The van der Waals surface area contributed by atoms with Crippen LogP contribution in [-0.4, -0.2) is 58.0 Å². The third-order valence-corrected chi connectivity index (χ3v) is 6.29. The summed E-state index contributed by atoms with van der Waals surface area (Å²) in [4.78, 5) is 36.5. The summed E-state index contributed by atoms with van der Waals surface area (Å²) in [5.41, 5.74) is 0.812. The van der Waals surface area contributed by atoms with Gasteiger partial charge in [-0.05, 0) is 42.3 Å². The van der Waals surface area contributed by atoms with E-state index in [9.17, 15) is 14.4 Å². The number of para-hydroxylation sites is 1. The smallest absolute Gasteiger partial charge is 0.328 e. The third-order valence-electron chi connectivity index (χ3n) is 5.11. The van der Waals surface area contributed by atoms with Crippen molar-refractivity contribution in [3.05, 3.63) is 65.4 Å². The molecule has 0 aliphatic rings. The number of rotatable bonds is 12. The molecule has 0 saturated heterocycles. The first kappa shape index (κ1) is 28.0. The largest absolute Gasteiger partial charge is 0.486 e. The van der Waals surface area contributed by atoms with Gasteiger partial charge < -0.3 is 20.1 Å². The normalized spacial score (nSPS) is 11.6. The van der Waals surface area contributed by atoms with Gasteiger partial charge in [-0.15, -0.1) is 10.2 Å². The summed E-state index contributed by atoms with van der Waals surface area (Å²) in [6, 6.07) is 15.7. The molecule has 1 aromatic heterocycles. The number of nitrogens with one attached hydrogen (secondary N) is 2. The average molecular weight is 546 g/mol. The van der Waals surface area contributed by atoms with Gasteiger partial charge in [-0.2, -0.15) is 0 Å². The topological polar surface area (TPSA) is 124 Å². The number of carbonyl (C=O) groups is 3. The molecule has 12 heteroatoms. The van der Waals surface area contributed by atoms with Crippen LogP contribution in [0.5, 0.6) is 5.75 Å². The van der Waals surface area contributed by atoms with Crippen molar-refractivity contribution in [2.24, 2.45) is 5.92 Å². The van der Waals surface area contributed by atoms with Crippen molar-refractivity contribution in [1.82, 2.24) is 25.4 Å². The molecular weight excluding hydrogens is 518 g/mol. The minimum atomic E-state index is -0.790. The number of aromatic nitrogens is 3. The van der Waals surface area contributed by atoms with Gasteiger partial charge in [0.25, 0.3) is 0 Å². The molecule has 37 heavy (non-hydrogen) atoms. The van der Waals surface area contributed by atoms with Crippen LogP contribution in [0.1, 0.15) is 19.7 Å². The molecule has 0 aliphatic heterocycles. The minimum absolute atomic E-state index is 0.000892. The van der Waals surface area contributed by atoms with E-state index in [1.54, 1.807) is 38.1 Å². The second kappa shape index (κ2) is 13.7. The molecule has 0 radical (unpaired) electrons. The number of nitrogens with zero attached hydrogens (tertiary/aromatic N) is 3. The molecule has 0 aliphatic carbocycles. The highest BCUT2D eigenvalue weighted by molar-refractivity contribution is 7.99. The van der Waals surface area contributed by atoms with E-state index >= 15 is 0 Å². The molecule has 3 aromatic rings. The highest BCUT2D eigenvalue weighted by Gasteiger charge is 2.25. The Morgan fingerprint density at radius 3 is 2.38 bits per heavy atom. The van der Waals surface area contributed by atoms with Gasteiger partial charge >= 0.3 is 5.97 Å². The first-order valence-corrected chi connectivity index (χ1v) is 12.8. The second-order valence-electron chi connectivity index (χ2n) is 8.19. The second-order valence-corrected chi connectivity index (χ2v) is 9.57. The van der Waals surface area contributed by atoms with Gasteiger partial charge in [-0.3, -0.25) is 14.2 Å². The van der Waals surface area contributed by atoms with Gasteiger partial charge in [-0.1, -0.05) is 55.4 Å². The van der Waals surface area contributed by atoms with Crippen molar-refractivity contribution in [1.29, 1.82) is 0 Å². The van der Waals surface area contributed by atoms with Gasteiger partial charge in [0.2, 0.25) is 11.8 Å². The summed E-state index contributed by atoms with van der Waals surface area (Å²) in [7, 11) is 1.26. The standard InChI is InChI=1S/C25H28ClN5O5S/c1-16(2)23(24(34)35-3)28-21(32)13-27-22(33)15-37-25-30-29-20(31(25)18-7-5-4-6-8-18)14-36-19-11-9-17(26)10-12-19/h4-12,16,23H,13-15H2,1-3H3,(H,27,33)(H,28,32).